The molecule has 0 radical (unpaired) electrons. The van der Waals surface area contributed by atoms with Gasteiger partial charge in [0.25, 0.3) is 5.91 Å². The SMILES string of the molecule is CCc1ccc(C(=O)N2CCC[C@H]2c2ccccc2OC)[nH]1. The molecular weight excluding hydrogens is 276 g/mol. The monoisotopic (exact) mass is 298 g/mol. The summed E-state index contributed by atoms with van der Waals surface area (Å²) in [4.78, 5) is 18.0. The third-order valence-corrected chi connectivity index (χ3v) is 4.37. The molecule has 116 valence electrons. The van der Waals surface area contributed by atoms with Gasteiger partial charge in [-0.2, -0.15) is 0 Å². The Kier molecular flexibility index (Phi) is 4.18. The Hall–Kier alpha value is -2.23. The van der Waals surface area contributed by atoms with E-state index in [1.54, 1.807) is 7.11 Å². The van der Waals surface area contributed by atoms with Crippen molar-refractivity contribution in [3.05, 3.63) is 53.3 Å². The van der Waals surface area contributed by atoms with Gasteiger partial charge in [0.15, 0.2) is 0 Å². The summed E-state index contributed by atoms with van der Waals surface area (Å²) in [6.45, 7) is 2.87. The normalized spacial score (nSPS) is 17.7. The molecular formula is C18H22N2O2. The molecule has 0 spiro atoms. The number of para-hydroxylation sites is 1. The highest BCUT2D eigenvalue weighted by molar-refractivity contribution is 5.93. The first-order chi connectivity index (χ1) is 10.7. The third kappa shape index (κ3) is 2.61. The second-order valence-corrected chi connectivity index (χ2v) is 5.65. The van der Waals surface area contributed by atoms with Crippen LogP contribution in [0, 0.1) is 0 Å². The molecule has 2 aromatic rings. The number of ether oxygens (including phenoxy) is 1. The Bertz CT molecular complexity index is 663. The molecule has 4 nitrogen and oxygen atoms in total. The Morgan fingerprint density at radius 3 is 2.86 bits per heavy atom. The molecule has 2 heterocycles. The molecule has 1 aliphatic heterocycles. The number of rotatable bonds is 4. The summed E-state index contributed by atoms with van der Waals surface area (Å²) in [6, 6.07) is 11.9. The average Bonchev–Trinajstić information content (AvgIpc) is 3.23. The molecule has 1 aliphatic rings. The van der Waals surface area contributed by atoms with Crippen molar-refractivity contribution in [2.24, 2.45) is 0 Å². The molecule has 1 aromatic heterocycles. The zero-order chi connectivity index (χ0) is 15.5. The number of hydrogen-bond acceptors (Lipinski definition) is 2. The molecule has 0 saturated carbocycles. The van der Waals surface area contributed by atoms with Crippen molar-refractivity contribution in [3.63, 3.8) is 0 Å². The Morgan fingerprint density at radius 1 is 1.32 bits per heavy atom. The number of nitrogens with zero attached hydrogens (tertiary/aromatic N) is 1. The summed E-state index contributed by atoms with van der Waals surface area (Å²) >= 11 is 0. The highest BCUT2D eigenvalue weighted by Crippen LogP contribution is 2.37. The first-order valence-corrected chi connectivity index (χ1v) is 7.86. The first-order valence-electron chi connectivity index (χ1n) is 7.86. The second-order valence-electron chi connectivity index (χ2n) is 5.65. The molecule has 1 atom stereocenters. The van der Waals surface area contributed by atoms with Gasteiger partial charge in [0, 0.05) is 17.8 Å². The van der Waals surface area contributed by atoms with Gasteiger partial charge in [-0.3, -0.25) is 4.79 Å². The maximum atomic E-state index is 12.8. The number of carbonyl (C=O) groups excluding carboxylic acids is 1. The number of carbonyl (C=O) groups is 1. The Labute approximate surface area is 131 Å². The lowest BCUT2D eigenvalue weighted by Crippen LogP contribution is -2.31. The number of likely N-dealkylation sites (tertiary alicyclic amines) is 1. The van der Waals surface area contributed by atoms with E-state index in [9.17, 15) is 4.79 Å². The van der Waals surface area contributed by atoms with E-state index in [-0.39, 0.29) is 11.9 Å². The maximum Gasteiger partial charge on any atom is 0.270 e. The fourth-order valence-corrected chi connectivity index (χ4v) is 3.20. The first kappa shape index (κ1) is 14.7. The molecule has 1 saturated heterocycles. The summed E-state index contributed by atoms with van der Waals surface area (Å²) < 4.78 is 5.47. The van der Waals surface area contributed by atoms with Crippen LogP contribution < -0.4 is 4.74 Å². The van der Waals surface area contributed by atoms with Crippen molar-refractivity contribution in [3.8, 4) is 5.75 Å². The van der Waals surface area contributed by atoms with Crippen molar-refractivity contribution < 1.29 is 9.53 Å². The minimum Gasteiger partial charge on any atom is -0.496 e. The lowest BCUT2D eigenvalue weighted by Gasteiger charge is -2.26. The summed E-state index contributed by atoms with van der Waals surface area (Å²) in [6.07, 6.45) is 2.91. The summed E-state index contributed by atoms with van der Waals surface area (Å²) in [5.41, 5.74) is 2.87. The summed E-state index contributed by atoms with van der Waals surface area (Å²) in [5.74, 6) is 0.932. The van der Waals surface area contributed by atoms with Crippen LogP contribution >= 0.6 is 0 Å². The van der Waals surface area contributed by atoms with Gasteiger partial charge < -0.3 is 14.6 Å². The summed E-state index contributed by atoms with van der Waals surface area (Å²) in [5, 5.41) is 0. The number of benzene rings is 1. The van der Waals surface area contributed by atoms with E-state index in [4.69, 9.17) is 4.74 Å². The lowest BCUT2D eigenvalue weighted by atomic mass is 10.0. The van der Waals surface area contributed by atoms with Crippen molar-refractivity contribution in [2.75, 3.05) is 13.7 Å². The molecule has 1 fully saturated rings. The number of hydrogen-bond donors (Lipinski definition) is 1. The van der Waals surface area contributed by atoms with Crippen LogP contribution in [0.4, 0.5) is 0 Å². The minimum absolute atomic E-state index is 0.0770. The molecule has 4 heteroatoms. The third-order valence-electron chi connectivity index (χ3n) is 4.37. The highest BCUT2D eigenvalue weighted by atomic mass is 16.5. The Balaban J connectivity index is 1.88. The van der Waals surface area contributed by atoms with Crippen LogP contribution in [0.25, 0.3) is 0 Å². The van der Waals surface area contributed by atoms with E-state index < -0.39 is 0 Å². The van der Waals surface area contributed by atoms with Gasteiger partial charge in [0.05, 0.1) is 13.2 Å². The highest BCUT2D eigenvalue weighted by Gasteiger charge is 2.32. The number of amides is 1. The van der Waals surface area contributed by atoms with Crippen LogP contribution in [0.2, 0.25) is 0 Å². The van der Waals surface area contributed by atoms with E-state index in [1.807, 2.05) is 35.2 Å². The van der Waals surface area contributed by atoms with Crippen molar-refractivity contribution >= 4 is 5.91 Å². The number of aromatic amines is 1. The predicted octanol–water partition coefficient (Wildman–Crippen LogP) is 3.56. The fourth-order valence-electron chi connectivity index (χ4n) is 3.20. The predicted molar refractivity (Wildman–Crippen MR) is 86.2 cm³/mol. The molecule has 3 rings (SSSR count). The molecule has 0 bridgehead atoms. The number of methoxy groups -OCH3 is 1. The number of nitrogens with one attached hydrogen (secondary N) is 1. The van der Waals surface area contributed by atoms with Gasteiger partial charge >= 0.3 is 0 Å². The van der Waals surface area contributed by atoms with E-state index in [2.05, 4.69) is 18.0 Å². The van der Waals surface area contributed by atoms with Gasteiger partial charge in [0.1, 0.15) is 11.4 Å². The van der Waals surface area contributed by atoms with E-state index >= 15 is 0 Å². The van der Waals surface area contributed by atoms with Gasteiger partial charge in [-0.15, -0.1) is 0 Å². The van der Waals surface area contributed by atoms with Crippen LogP contribution in [0.1, 0.15) is 47.6 Å². The molecule has 0 aliphatic carbocycles. The van der Waals surface area contributed by atoms with Crippen molar-refractivity contribution in [1.29, 1.82) is 0 Å². The number of aromatic nitrogens is 1. The van der Waals surface area contributed by atoms with Crippen molar-refractivity contribution in [2.45, 2.75) is 32.2 Å². The van der Waals surface area contributed by atoms with Gasteiger partial charge in [-0.25, -0.2) is 0 Å². The van der Waals surface area contributed by atoms with Crippen molar-refractivity contribution in [1.82, 2.24) is 9.88 Å². The molecule has 1 amide bonds. The lowest BCUT2D eigenvalue weighted by molar-refractivity contribution is 0.0728. The smallest absolute Gasteiger partial charge is 0.270 e. The summed E-state index contributed by atoms with van der Waals surface area (Å²) in [7, 11) is 1.68. The zero-order valence-corrected chi connectivity index (χ0v) is 13.1. The molecule has 0 unspecified atom stereocenters. The topological polar surface area (TPSA) is 45.3 Å². The van der Waals surface area contributed by atoms with E-state index in [0.29, 0.717) is 5.69 Å². The number of aryl methyl sites for hydroxylation is 1. The zero-order valence-electron chi connectivity index (χ0n) is 13.1. The molecule has 22 heavy (non-hydrogen) atoms. The molecule has 1 aromatic carbocycles. The standard InChI is InChI=1S/C18H22N2O2/c1-3-13-10-11-15(19-13)18(21)20-12-6-8-16(20)14-7-4-5-9-17(14)22-2/h4-5,7,9-11,16,19H,3,6,8,12H2,1-2H3/t16-/m0/s1. The second kappa shape index (κ2) is 6.26. The average molecular weight is 298 g/mol. The van der Waals surface area contributed by atoms with E-state index in [1.165, 1.54) is 0 Å². The Morgan fingerprint density at radius 2 is 2.14 bits per heavy atom. The quantitative estimate of drug-likeness (QED) is 0.938. The minimum atomic E-state index is 0.0770. The fraction of sp³-hybridized carbons (Fsp3) is 0.389. The van der Waals surface area contributed by atoms with Crippen LogP contribution in [0.15, 0.2) is 36.4 Å². The van der Waals surface area contributed by atoms with Crippen LogP contribution in [0.5, 0.6) is 5.75 Å². The van der Waals surface area contributed by atoms with Crippen LogP contribution in [0.3, 0.4) is 0 Å². The maximum absolute atomic E-state index is 12.8. The largest absolute Gasteiger partial charge is 0.496 e. The van der Waals surface area contributed by atoms with Gasteiger partial charge in [-0.05, 0) is 37.5 Å². The van der Waals surface area contributed by atoms with Gasteiger partial charge in [0.2, 0.25) is 0 Å². The van der Waals surface area contributed by atoms with Gasteiger partial charge in [-0.1, -0.05) is 25.1 Å². The van der Waals surface area contributed by atoms with Crippen LogP contribution in [-0.2, 0) is 6.42 Å². The number of H-pyrrole nitrogens is 1. The molecule has 1 N–H and O–H groups in total. The van der Waals surface area contributed by atoms with Crippen LogP contribution in [-0.4, -0.2) is 29.4 Å². The van der Waals surface area contributed by atoms with E-state index in [0.717, 1.165) is 42.8 Å².